The summed E-state index contributed by atoms with van der Waals surface area (Å²) in [6.07, 6.45) is 0. The number of morpholine rings is 2. The molecule has 4 heterocycles. The van der Waals surface area contributed by atoms with Gasteiger partial charge in [-0.25, -0.2) is 9.37 Å². The zero-order valence-electron chi connectivity index (χ0n) is 22.3. The first-order chi connectivity index (χ1) is 20.2. The predicted octanol–water partition coefficient (Wildman–Crippen LogP) is 5.48. The lowest BCUT2D eigenvalue weighted by atomic mass is 10.1. The molecule has 2 fully saturated rings. The molecular weight excluding hydrogens is 561 g/mol. The Morgan fingerprint density at radius 3 is 2.20 bits per heavy atom. The van der Waals surface area contributed by atoms with Crippen molar-refractivity contribution >= 4 is 67.6 Å². The van der Waals surface area contributed by atoms with Gasteiger partial charge in [0, 0.05) is 43.0 Å². The summed E-state index contributed by atoms with van der Waals surface area (Å²) in [5, 5.41) is 5.00. The van der Waals surface area contributed by atoms with E-state index < -0.39 is 0 Å². The van der Waals surface area contributed by atoms with E-state index >= 15 is 0 Å². The molecule has 2 saturated heterocycles. The van der Waals surface area contributed by atoms with E-state index in [4.69, 9.17) is 29.4 Å². The lowest BCUT2D eigenvalue weighted by Crippen LogP contribution is -2.40. The molecular formula is C29H28FN7O2S2. The number of fused-ring (bicyclic) bond motifs is 2. The van der Waals surface area contributed by atoms with E-state index in [0.717, 1.165) is 57.4 Å². The van der Waals surface area contributed by atoms with Crippen LogP contribution in [0, 0.1) is 5.82 Å². The van der Waals surface area contributed by atoms with Crippen LogP contribution in [0.4, 0.5) is 27.9 Å². The van der Waals surface area contributed by atoms with Gasteiger partial charge in [0.1, 0.15) is 5.82 Å². The average molecular weight is 590 g/mol. The molecule has 0 atom stereocenters. The highest BCUT2D eigenvalue weighted by Crippen LogP contribution is 2.35. The fraction of sp³-hybridized carbons (Fsp3) is 0.310. The first-order valence-corrected chi connectivity index (χ1v) is 15.4. The van der Waals surface area contributed by atoms with Crippen molar-refractivity contribution in [3.05, 3.63) is 66.0 Å². The van der Waals surface area contributed by atoms with Crippen LogP contribution in [0.2, 0.25) is 0 Å². The number of nitrogens with one attached hydrogen (secondary N) is 1. The van der Waals surface area contributed by atoms with Crippen LogP contribution < -0.4 is 15.1 Å². The minimum atomic E-state index is -0.193. The van der Waals surface area contributed by atoms with Crippen LogP contribution in [0.5, 0.6) is 0 Å². The van der Waals surface area contributed by atoms with E-state index in [-0.39, 0.29) is 5.82 Å². The van der Waals surface area contributed by atoms with E-state index in [1.54, 1.807) is 29.2 Å². The maximum absolute atomic E-state index is 14.2. The zero-order chi connectivity index (χ0) is 27.6. The van der Waals surface area contributed by atoms with Crippen molar-refractivity contribution in [2.45, 2.75) is 10.1 Å². The van der Waals surface area contributed by atoms with Crippen LogP contribution in [-0.2, 0) is 15.2 Å². The Morgan fingerprint density at radius 2 is 1.49 bits per heavy atom. The molecule has 2 aliphatic rings. The maximum atomic E-state index is 14.2. The van der Waals surface area contributed by atoms with E-state index in [9.17, 15) is 4.39 Å². The molecule has 0 amide bonds. The van der Waals surface area contributed by atoms with E-state index in [0.29, 0.717) is 55.4 Å². The number of aromatic nitrogens is 4. The molecule has 210 valence electrons. The molecule has 5 aromatic rings. The van der Waals surface area contributed by atoms with Crippen molar-refractivity contribution in [3.8, 4) is 0 Å². The Morgan fingerprint density at radius 1 is 0.805 bits per heavy atom. The minimum absolute atomic E-state index is 0.193. The molecule has 12 heteroatoms. The normalized spacial score (nSPS) is 16.0. The highest BCUT2D eigenvalue weighted by atomic mass is 32.2. The van der Waals surface area contributed by atoms with Crippen LogP contribution >= 0.6 is 23.1 Å². The molecule has 0 radical (unpaired) electrons. The van der Waals surface area contributed by atoms with Gasteiger partial charge in [0.2, 0.25) is 17.8 Å². The van der Waals surface area contributed by atoms with Gasteiger partial charge in [-0.1, -0.05) is 42.1 Å². The second kappa shape index (κ2) is 11.7. The summed E-state index contributed by atoms with van der Waals surface area (Å²) >= 11 is 3.31. The van der Waals surface area contributed by atoms with E-state index in [1.165, 1.54) is 0 Å². The summed E-state index contributed by atoms with van der Waals surface area (Å²) in [5.41, 5.74) is 2.91. The molecule has 2 aromatic heterocycles. The highest BCUT2D eigenvalue weighted by molar-refractivity contribution is 8.00. The van der Waals surface area contributed by atoms with Crippen LogP contribution in [0.25, 0.3) is 21.0 Å². The van der Waals surface area contributed by atoms with Crippen molar-refractivity contribution in [3.63, 3.8) is 0 Å². The summed E-state index contributed by atoms with van der Waals surface area (Å²) in [7, 11) is 0. The number of thioether (sulfide) groups is 1. The molecule has 7 rings (SSSR count). The molecule has 0 unspecified atom stereocenters. The van der Waals surface area contributed by atoms with Gasteiger partial charge in [0.05, 0.1) is 36.6 Å². The van der Waals surface area contributed by atoms with Gasteiger partial charge in [-0.3, -0.25) is 0 Å². The second-order valence-corrected chi connectivity index (χ2v) is 12.0. The van der Waals surface area contributed by atoms with Crippen molar-refractivity contribution in [2.24, 2.45) is 0 Å². The quantitative estimate of drug-likeness (QED) is 0.246. The fourth-order valence-electron chi connectivity index (χ4n) is 4.98. The van der Waals surface area contributed by atoms with Gasteiger partial charge in [-0.15, -0.1) is 11.3 Å². The van der Waals surface area contributed by atoms with E-state index in [2.05, 4.69) is 21.2 Å². The molecule has 0 spiro atoms. The first-order valence-electron chi connectivity index (χ1n) is 13.6. The molecule has 41 heavy (non-hydrogen) atoms. The number of nitrogens with zero attached hydrogens (tertiary/aromatic N) is 6. The summed E-state index contributed by atoms with van der Waals surface area (Å²) < 4.78 is 27.3. The third-order valence-corrected chi connectivity index (χ3v) is 9.35. The number of benzene rings is 3. The fourth-order valence-corrected chi connectivity index (χ4v) is 7.09. The lowest BCUT2D eigenvalue weighted by Gasteiger charge is -2.30. The third-order valence-electron chi connectivity index (χ3n) is 7.14. The number of ether oxygens (including phenoxy) is 2. The lowest BCUT2D eigenvalue weighted by molar-refractivity contribution is 0.121. The Balaban J connectivity index is 1.11. The number of thiazole rings is 1. The summed E-state index contributed by atoms with van der Waals surface area (Å²) in [5.74, 6) is 2.33. The number of anilines is 4. The summed E-state index contributed by atoms with van der Waals surface area (Å²) in [6, 6.07) is 17.1. The maximum Gasteiger partial charge on any atom is 0.233 e. The zero-order valence-corrected chi connectivity index (χ0v) is 23.9. The van der Waals surface area contributed by atoms with Crippen LogP contribution in [0.1, 0.15) is 5.56 Å². The highest BCUT2D eigenvalue weighted by Gasteiger charge is 2.21. The predicted molar refractivity (Wildman–Crippen MR) is 162 cm³/mol. The standard InChI is InChI=1S/C29H28FN7O2S2/c30-23-7-5-19(21-3-1-2-4-22(21)23)18-40-29-32-24-8-6-20(17-25(24)41-29)31-26-33-27(36-9-13-38-14-10-36)35-28(34-26)37-11-15-39-16-12-37/h1-8,17H,9-16,18H2,(H,31,33,34,35). The van der Waals surface area contributed by atoms with Crippen molar-refractivity contribution < 1.29 is 13.9 Å². The Kier molecular flexibility index (Phi) is 7.53. The minimum Gasteiger partial charge on any atom is -0.378 e. The van der Waals surface area contributed by atoms with E-state index in [1.807, 2.05) is 42.5 Å². The number of hydrogen-bond donors (Lipinski definition) is 1. The Bertz CT molecular complexity index is 1650. The van der Waals surface area contributed by atoms with Gasteiger partial charge in [-0.05, 0) is 35.2 Å². The number of halogens is 1. The molecule has 9 nitrogen and oxygen atoms in total. The van der Waals surface area contributed by atoms with Crippen molar-refractivity contribution in [1.82, 2.24) is 19.9 Å². The first kappa shape index (κ1) is 26.3. The number of rotatable bonds is 7. The average Bonchev–Trinajstić information content (AvgIpc) is 3.44. The van der Waals surface area contributed by atoms with Crippen LogP contribution in [-0.4, -0.2) is 72.5 Å². The van der Waals surface area contributed by atoms with Crippen LogP contribution in [0.15, 0.2) is 58.9 Å². The molecule has 1 N–H and O–H groups in total. The van der Waals surface area contributed by atoms with Gasteiger partial charge < -0.3 is 24.6 Å². The largest absolute Gasteiger partial charge is 0.378 e. The second-order valence-electron chi connectivity index (χ2n) is 9.79. The monoisotopic (exact) mass is 589 g/mol. The molecule has 0 aliphatic carbocycles. The van der Waals surface area contributed by atoms with Gasteiger partial charge in [0.25, 0.3) is 0 Å². The smallest absolute Gasteiger partial charge is 0.233 e. The van der Waals surface area contributed by atoms with Gasteiger partial charge in [0.15, 0.2) is 4.34 Å². The third kappa shape index (κ3) is 5.78. The SMILES string of the molecule is Fc1ccc(CSc2nc3ccc(Nc4nc(N5CCOCC5)nc(N5CCOCC5)n4)cc3s2)c2ccccc12. The molecule has 0 saturated carbocycles. The molecule has 2 aliphatic heterocycles. The van der Waals surface area contributed by atoms with Crippen molar-refractivity contribution in [1.29, 1.82) is 0 Å². The van der Waals surface area contributed by atoms with Gasteiger partial charge in [-0.2, -0.15) is 15.0 Å². The van der Waals surface area contributed by atoms with Gasteiger partial charge >= 0.3 is 0 Å². The summed E-state index contributed by atoms with van der Waals surface area (Å²) in [6.45, 7) is 5.59. The number of hydrogen-bond acceptors (Lipinski definition) is 11. The summed E-state index contributed by atoms with van der Waals surface area (Å²) in [4.78, 5) is 23.4. The van der Waals surface area contributed by atoms with Crippen LogP contribution in [0.3, 0.4) is 0 Å². The van der Waals surface area contributed by atoms with Crippen molar-refractivity contribution in [2.75, 3.05) is 67.7 Å². The molecule has 3 aromatic carbocycles. The Hall–Kier alpha value is -3.58. The Labute approximate surface area is 244 Å². The molecule has 0 bridgehead atoms. The topological polar surface area (TPSA) is 88.5 Å².